The van der Waals surface area contributed by atoms with Gasteiger partial charge in [-0.25, -0.2) is 0 Å². The van der Waals surface area contributed by atoms with E-state index >= 15 is 0 Å². The number of hydrogen-bond donors (Lipinski definition) is 2. The van der Waals surface area contributed by atoms with E-state index in [2.05, 4.69) is 5.32 Å². The van der Waals surface area contributed by atoms with Crippen molar-refractivity contribution in [3.63, 3.8) is 0 Å². The van der Waals surface area contributed by atoms with Gasteiger partial charge in [0.05, 0.1) is 5.92 Å². The molecular weight excluding hydrogens is 170 g/mol. The molecule has 0 aromatic rings. The van der Waals surface area contributed by atoms with Crippen LogP contribution in [0.15, 0.2) is 0 Å². The minimum absolute atomic E-state index is 0.0428. The molecule has 4 heteroatoms. The van der Waals surface area contributed by atoms with Gasteiger partial charge < -0.3 is 10.4 Å². The lowest BCUT2D eigenvalue weighted by molar-refractivity contribution is -0.141. The topological polar surface area (TPSA) is 66.4 Å². The van der Waals surface area contributed by atoms with Crippen molar-refractivity contribution in [2.45, 2.75) is 26.2 Å². The molecule has 0 spiro atoms. The molecule has 13 heavy (non-hydrogen) atoms. The molecular formula is C9H15NO3. The molecule has 1 aliphatic carbocycles. The Balaban J connectivity index is 2.25. The average molecular weight is 185 g/mol. The number of amides is 1. The molecule has 0 aromatic heterocycles. The van der Waals surface area contributed by atoms with Gasteiger partial charge in [0.15, 0.2) is 0 Å². The highest BCUT2D eigenvalue weighted by atomic mass is 16.4. The molecule has 0 aliphatic heterocycles. The van der Waals surface area contributed by atoms with Crippen molar-refractivity contribution >= 4 is 11.9 Å². The zero-order valence-corrected chi connectivity index (χ0v) is 7.75. The molecule has 0 heterocycles. The summed E-state index contributed by atoms with van der Waals surface area (Å²) in [6.45, 7) is 2.10. The molecule has 0 radical (unpaired) electrons. The van der Waals surface area contributed by atoms with Crippen molar-refractivity contribution in [2.24, 2.45) is 11.8 Å². The zero-order chi connectivity index (χ0) is 9.84. The minimum atomic E-state index is -0.703. The maximum Gasteiger partial charge on any atom is 0.306 e. The fourth-order valence-electron chi connectivity index (χ4n) is 1.77. The number of carboxylic acids is 1. The Labute approximate surface area is 77.3 Å². The quantitative estimate of drug-likeness (QED) is 0.677. The number of aliphatic carboxylic acids is 1. The Morgan fingerprint density at radius 2 is 2.15 bits per heavy atom. The van der Waals surface area contributed by atoms with Crippen LogP contribution in [0, 0.1) is 11.8 Å². The second kappa shape index (κ2) is 4.25. The monoisotopic (exact) mass is 185 g/mol. The summed E-state index contributed by atoms with van der Waals surface area (Å²) in [5.41, 5.74) is 0. The van der Waals surface area contributed by atoms with Crippen molar-refractivity contribution in [3.8, 4) is 0 Å². The molecule has 1 saturated carbocycles. The highest BCUT2D eigenvalue weighted by Crippen LogP contribution is 2.30. The predicted molar refractivity (Wildman–Crippen MR) is 47.2 cm³/mol. The normalized spacial score (nSPS) is 27.2. The van der Waals surface area contributed by atoms with Crippen LogP contribution in [0.5, 0.6) is 0 Å². The van der Waals surface area contributed by atoms with Gasteiger partial charge in [0.1, 0.15) is 0 Å². The molecule has 0 bridgehead atoms. The summed E-state index contributed by atoms with van der Waals surface area (Å²) < 4.78 is 0. The van der Waals surface area contributed by atoms with Crippen LogP contribution in [0.2, 0.25) is 0 Å². The van der Waals surface area contributed by atoms with E-state index in [0.717, 1.165) is 12.8 Å². The number of rotatable bonds is 3. The molecule has 0 unspecified atom stereocenters. The summed E-state index contributed by atoms with van der Waals surface area (Å²) in [5, 5.41) is 11.4. The van der Waals surface area contributed by atoms with Crippen LogP contribution in [0.1, 0.15) is 26.2 Å². The number of nitrogens with one attached hydrogen (secondary N) is 1. The molecule has 2 N–H and O–H groups in total. The maximum atomic E-state index is 10.6. The van der Waals surface area contributed by atoms with Crippen LogP contribution in [-0.2, 0) is 9.59 Å². The fraction of sp³-hybridized carbons (Fsp3) is 0.778. The van der Waals surface area contributed by atoms with Gasteiger partial charge in [0, 0.05) is 13.5 Å². The van der Waals surface area contributed by atoms with E-state index in [1.165, 1.54) is 6.92 Å². The summed E-state index contributed by atoms with van der Waals surface area (Å²) in [6, 6.07) is 0. The standard InChI is InChI=1S/C9H15NO3/c1-6(11)10-5-7-2-3-8(4-7)9(12)13/h7-8H,2-5H2,1H3,(H,10,11)(H,12,13)/t7-,8+/m0/s1. The minimum Gasteiger partial charge on any atom is -0.481 e. The Hall–Kier alpha value is -1.06. The second-order valence-electron chi connectivity index (χ2n) is 3.65. The Morgan fingerprint density at radius 1 is 1.46 bits per heavy atom. The van der Waals surface area contributed by atoms with Crippen molar-refractivity contribution in [1.29, 1.82) is 0 Å². The van der Waals surface area contributed by atoms with Crippen LogP contribution in [-0.4, -0.2) is 23.5 Å². The first-order valence-electron chi connectivity index (χ1n) is 4.57. The molecule has 1 rings (SSSR count). The molecule has 1 aliphatic rings. The van der Waals surface area contributed by atoms with Gasteiger partial charge in [-0.3, -0.25) is 9.59 Å². The maximum absolute atomic E-state index is 10.6. The molecule has 0 saturated heterocycles. The highest BCUT2D eigenvalue weighted by molar-refractivity contribution is 5.73. The first kappa shape index (κ1) is 10.0. The zero-order valence-electron chi connectivity index (χ0n) is 7.75. The third-order valence-electron chi connectivity index (χ3n) is 2.53. The Kier molecular flexibility index (Phi) is 3.28. The molecule has 74 valence electrons. The fourth-order valence-corrected chi connectivity index (χ4v) is 1.77. The van der Waals surface area contributed by atoms with Crippen LogP contribution in [0.25, 0.3) is 0 Å². The summed E-state index contributed by atoms with van der Waals surface area (Å²) in [7, 11) is 0. The number of carbonyl (C=O) groups is 2. The van der Waals surface area contributed by atoms with Crippen molar-refractivity contribution in [1.82, 2.24) is 5.32 Å². The molecule has 1 fully saturated rings. The van der Waals surface area contributed by atoms with Gasteiger partial charge >= 0.3 is 5.97 Å². The highest BCUT2D eigenvalue weighted by Gasteiger charge is 2.29. The van der Waals surface area contributed by atoms with Gasteiger partial charge in [-0.15, -0.1) is 0 Å². The molecule has 1 amide bonds. The van der Waals surface area contributed by atoms with Gasteiger partial charge in [-0.05, 0) is 25.2 Å². The largest absolute Gasteiger partial charge is 0.481 e. The van der Waals surface area contributed by atoms with Crippen molar-refractivity contribution in [2.75, 3.05) is 6.54 Å². The molecule has 2 atom stereocenters. The summed E-state index contributed by atoms with van der Waals surface area (Å²) in [6.07, 6.45) is 2.37. The first-order chi connectivity index (χ1) is 6.09. The number of carbonyl (C=O) groups excluding carboxylic acids is 1. The second-order valence-corrected chi connectivity index (χ2v) is 3.65. The van der Waals surface area contributed by atoms with E-state index in [-0.39, 0.29) is 11.8 Å². The smallest absolute Gasteiger partial charge is 0.306 e. The average Bonchev–Trinajstić information content (AvgIpc) is 2.48. The van der Waals surface area contributed by atoms with Crippen molar-refractivity contribution in [3.05, 3.63) is 0 Å². The summed E-state index contributed by atoms with van der Waals surface area (Å²) in [4.78, 5) is 21.2. The number of hydrogen-bond acceptors (Lipinski definition) is 2. The summed E-state index contributed by atoms with van der Waals surface area (Å²) in [5.74, 6) is -0.590. The van der Waals surface area contributed by atoms with Crippen LogP contribution in [0.4, 0.5) is 0 Å². The van der Waals surface area contributed by atoms with Crippen LogP contribution in [0.3, 0.4) is 0 Å². The predicted octanol–water partition coefficient (Wildman–Crippen LogP) is 0.623. The van der Waals surface area contributed by atoms with E-state index in [0.29, 0.717) is 18.9 Å². The Bertz CT molecular complexity index is 215. The lowest BCUT2D eigenvalue weighted by Gasteiger charge is -2.09. The lowest BCUT2D eigenvalue weighted by atomic mass is 10.1. The third kappa shape index (κ3) is 3.05. The van der Waals surface area contributed by atoms with Gasteiger partial charge in [0.25, 0.3) is 0 Å². The molecule has 0 aromatic carbocycles. The SMILES string of the molecule is CC(=O)NC[C@H]1CC[C@@H](C(=O)O)C1. The number of carboxylic acid groups (broad SMARTS) is 1. The van der Waals surface area contributed by atoms with E-state index < -0.39 is 5.97 Å². The Morgan fingerprint density at radius 3 is 2.62 bits per heavy atom. The summed E-state index contributed by atoms with van der Waals surface area (Å²) >= 11 is 0. The van der Waals surface area contributed by atoms with E-state index in [1.54, 1.807) is 0 Å². The van der Waals surface area contributed by atoms with E-state index in [1.807, 2.05) is 0 Å². The van der Waals surface area contributed by atoms with Crippen LogP contribution >= 0.6 is 0 Å². The van der Waals surface area contributed by atoms with Gasteiger partial charge in [-0.2, -0.15) is 0 Å². The van der Waals surface area contributed by atoms with E-state index in [4.69, 9.17) is 5.11 Å². The van der Waals surface area contributed by atoms with Crippen LogP contribution < -0.4 is 5.32 Å². The van der Waals surface area contributed by atoms with Gasteiger partial charge in [0.2, 0.25) is 5.91 Å². The van der Waals surface area contributed by atoms with Gasteiger partial charge in [-0.1, -0.05) is 0 Å². The van der Waals surface area contributed by atoms with Crippen molar-refractivity contribution < 1.29 is 14.7 Å². The third-order valence-corrected chi connectivity index (χ3v) is 2.53. The first-order valence-corrected chi connectivity index (χ1v) is 4.57. The molecule has 4 nitrogen and oxygen atoms in total. The van der Waals surface area contributed by atoms with E-state index in [9.17, 15) is 9.59 Å². The lowest BCUT2D eigenvalue weighted by Crippen LogP contribution is -2.26.